The molecule has 0 saturated heterocycles. The average molecular weight is 160 g/mol. The van der Waals surface area contributed by atoms with Gasteiger partial charge in [-0.05, 0) is 18.6 Å². The van der Waals surface area contributed by atoms with Gasteiger partial charge in [0.2, 0.25) is 0 Å². The van der Waals surface area contributed by atoms with Crippen molar-refractivity contribution in [2.24, 2.45) is 10.7 Å². The standard InChI is InChI=1S/C10H12N2/c1-3-7-12-10-8(2)5-4-6-9(10)11/h3-7H,2,11H2,1H3/b7-3-,12-10?. The van der Waals surface area contributed by atoms with Crippen LogP contribution < -0.4 is 5.73 Å². The molecule has 0 spiro atoms. The van der Waals surface area contributed by atoms with E-state index in [2.05, 4.69) is 11.6 Å². The third kappa shape index (κ3) is 1.72. The molecule has 0 amide bonds. The van der Waals surface area contributed by atoms with E-state index in [9.17, 15) is 0 Å². The van der Waals surface area contributed by atoms with Gasteiger partial charge in [-0.1, -0.05) is 24.8 Å². The minimum Gasteiger partial charge on any atom is -0.397 e. The van der Waals surface area contributed by atoms with Crippen LogP contribution in [-0.2, 0) is 0 Å². The maximum absolute atomic E-state index is 5.69. The summed E-state index contributed by atoms with van der Waals surface area (Å²) in [4.78, 5) is 4.16. The van der Waals surface area contributed by atoms with Gasteiger partial charge in [0, 0.05) is 6.20 Å². The van der Waals surface area contributed by atoms with Crippen molar-refractivity contribution in [3.63, 3.8) is 0 Å². The number of nitrogens with two attached hydrogens (primary N) is 1. The molecule has 0 heterocycles. The number of aliphatic imine (C=N–C) groups is 1. The third-order valence-electron chi connectivity index (χ3n) is 1.50. The molecule has 0 fully saturated rings. The van der Waals surface area contributed by atoms with Crippen molar-refractivity contribution in [3.05, 3.63) is 48.4 Å². The summed E-state index contributed by atoms with van der Waals surface area (Å²) in [5, 5.41) is 0. The summed E-state index contributed by atoms with van der Waals surface area (Å²) in [5.74, 6) is 0. The van der Waals surface area contributed by atoms with Crippen LogP contribution in [0.4, 0.5) is 0 Å². The maximum atomic E-state index is 5.69. The van der Waals surface area contributed by atoms with Gasteiger partial charge in [-0.15, -0.1) is 0 Å². The highest BCUT2D eigenvalue weighted by atomic mass is 14.8. The summed E-state index contributed by atoms with van der Waals surface area (Å²) in [5.41, 5.74) is 7.98. The lowest BCUT2D eigenvalue weighted by atomic mass is 10.0. The maximum Gasteiger partial charge on any atom is 0.0924 e. The van der Waals surface area contributed by atoms with Crippen LogP contribution in [0.5, 0.6) is 0 Å². The molecule has 0 aliphatic heterocycles. The van der Waals surface area contributed by atoms with Crippen LogP contribution in [0, 0.1) is 0 Å². The van der Waals surface area contributed by atoms with E-state index < -0.39 is 0 Å². The van der Waals surface area contributed by atoms with Crippen molar-refractivity contribution < 1.29 is 0 Å². The fraction of sp³-hybridized carbons (Fsp3) is 0.100. The van der Waals surface area contributed by atoms with Gasteiger partial charge in [-0.3, -0.25) is 4.99 Å². The van der Waals surface area contributed by atoms with Gasteiger partial charge < -0.3 is 5.73 Å². The first-order valence-corrected chi connectivity index (χ1v) is 3.78. The molecule has 0 radical (unpaired) electrons. The summed E-state index contributed by atoms with van der Waals surface area (Å²) >= 11 is 0. The predicted octanol–water partition coefficient (Wildman–Crippen LogP) is 1.93. The average Bonchev–Trinajstić information content (AvgIpc) is 2.04. The molecular formula is C10H12N2. The van der Waals surface area contributed by atoms with Gasteiger partial charge in [0.05, 0.1) is 11.4 Å². The Morgan fingerprint density at radius 2 is 2.33 bits per heavy atom. The Bertz CT molecular complexity index is 304. The minimum absolute atomic E-state index is 0.667. The molecule has 0 atom stereocenters. The van der Waals surface area contributed by atoms with Gasteiger partial charge in [-0.25, -0.2) is 0 Å². The topological polar surface area (TPSA) is 38.4 Å². The first kappa shape index (κ1) is 8.53. The van der Waals surface area contributed by atoms with Crippen molar-refractivity contribution in [1.82, 2.24) is 0 Å². The molecule has 1 aliphatic rings. The molecule has 62 valence electrons. The number of hydrogen-bond donors (Lipinski definition) is 1. The Labute approximate surface area is 72.5 Å². The molecule has 0 saturated carbocycles. The molecule has 12 heavy (non-hydrogen) atoms. The van der Waals surface area contributed by atoms with Gasteiger partial charge in [-0.2, -0.15) is 0 Å². The van der Waals surface area contributed by atoms with Crippen LogP contribution in [0.2, 0.25) is 0 Å². The van der Waals surface area contributed by atoms with Gasteiger partial charge in [0.15, 0.2) is 0 Å². The van der Waals surface area contributed by atoms with Crippen molar-refractivity contribution >= 4 is 5.71 Å². The van der Waals surface area contributed by atoms with E-state index in [-0.39, 0.29) is 0 Å². The Kier molecular flexibility index (Phi) is 2.64. The molecule has 2 nitrogen and oxygen atoms in total. The van der Waals surface area contributed by atoms with E-state index in [1.165, 1.54) is 0 Å². The highest BCUT2D eigenvalue weighted by molar-refractivity contribution is 6.14. The van der Waals surface area contributed by atoms with E-state index in [1.54, 1.807) is 6.20 Å². The molecule has 2 heteroatoms. The van der Waals surface area contributed by atoms with Crippen molar-refractivity contribution in [2.45, 2.75) is 6.92 Å². The smallest absolute Gasteiger partial charge is 0.0924 e. The second-order valence-corrected chi connectivity index (χ2v) is 2.47. The quantitative estimate of drug-likeness (QED) is 0.625. The fourth-order valence-electron chi connectivity index (χ4n) is 0.918. The summed E-state index contributed by atoms with van der Waals surface area (Å²) in [7, 11) is 0. The van der Waals surface area contributed by atoms with Crippen LogP contribution in [0.15, 0.2) is 53.3 Å². The highest BCUT2D eigenvalue weighted by Gasteiger charge is 2.06. The van der Waals surface area contributed by atoms with Gasteiger partial charge >= 0.3 is 0 Å². The lowest BCUT2D eigenvalue weighted by Crippen LogP contribution is -2.14. The first-order valence-electron chi connectivity index (χ1n) is 3.78. The minimum atomic E-state index is 0.667. The molecule has 1 rings (SSSR count). The van der Waals surface area contributed by atoms with Gasteiger partial charge in [0.1, 0.15) is 0 Å². The Balaban J connectivity index is 2.97. The summed E-state index contributed by atoms with van der Waals surface area (Å²) in [6, 6.07) is 0. The van der Waals surface area contributed by atoms with E-state index in [4.69, 9.17) is 5.73 Å². The van der Waals surface area contributed by atoms with Crippen LogP contribution in [0.1, 0.15) is 6.92 Å². The Hall–Kier alpha value is -1.57. The van der Waals surface area contributed by atoms with Crippen LogP contribution in [0.25, 0.3) is 0 Å². The number of nitrogens with zero attached hydrogens (tertiary/aromatic N) is 1. The highest BCUT2D eigenvalue weighted by Crippen LogP contribution is 2.09. The number of rotatable bonds is 1. The molecule has 0 bridgehead atoms. The summed E-state index contributed by atoms with van der Waals surface area (Å²) in [6.07, 6.45) is 9.13. The molecule has 0 aromatic heterocycles. The van der Waals surface area contributed by atoms with E-state index >= 15 is 0 Å². The van der Waals surface area contributed by atoms with Crippen molar-refractivity contribution in [2.75, 3.05) is 0 Å². The first-order chi connectivity index (χ1) is 5.75. The zero-order valence-corrected chi connectivity index (χ0v) is 7.12. The van der Waals surface area contributed by atoms with Gasteiger partial charge in [0.25, 0.3) is 0 Å². The van der Waals surface area contributed by atoms with Crippen LogP contribution in [-0.4, -0.2) is 5.71 Å². The molecular weight excluding hydrogens is 148 g/mol. The SMILES string of the molecule is C=C1C=CC=C(N)C1=N/C=C\C. The molecule has 0 aromatic carbocycles. The Morgan fingerprint density at radius 1 is 1.58 bits per heavy atom. The van der Waals surface area contributed by atoms with Crippen LogP contribution >= 0.6 is 0 Å². The zero-order valence-electron chi connectivity index (χ0n) is 7.12. The second kappa shape index (κ2) is 3.72. The van der Waals surface area contributed by atoms with E-state index in [0.717, 1.165) is 11.3 Å². The number of hydrogen-bond acceptors (Lipinski definition) is 2. The number of allylic oxidation sites excluding steroid dienone is 5. The fourth-order valence-corrected chi connectivity index (χ4v) is 0.918. The normalized spacial score (nSPS) is 20.6. The zero-order chi connectivity index (χ0) is 8.97. The molecule has 2 N–H and O–H groups in total. The largest absolute Gasteiger partial charge is 0.397 e. The lowest BCUT2D eigenvalue weighted by Gasteiger charge is -2.08. The lowest BCUT2D eigenvalue weighted by molar-refractivity contribution is 1.40. The van der Waals surface area contributed by atoms with Crippen LogP contribution in [0.3, 0.4) is 0 Å². The third-order valence-corrected chi connectivity index (χ3v) is 1.50. The summed E-state index contributed by atoms with van der Waals surface area (Å²) in [6.45, 7) is 5.73. The van der Waals surface area contributed by atoms with Crippen molar-refractivity contribution in [3.8, 4) is 0 Å². The van der Waals surface area contributed by atoms with E-state index in [1.807, 2.05) is 31.2 Å². The molecule has 0 unspecified atom stereocenters. The van der Waals surface area contributed by atoms with Crippen molar-refractivity contribution in [1.29, 1.82) is 0 Å². The summed E-state index contributed by atoms with van der Waals surface area (Å²) < 4.78 is 0. The van der Waals surface area contributed by atoms with E-state index in [0.29, 0.717) is 5.70 Å². The molecule has 0 aromatic rings. The monoisotopic (exact) mass is 160 g/mol. The predicted molar refractivity (Wildman–Crippen MR) is 52.8 cm³/mol. The second-order valence-electron chi connectivity index (χ2n) is 2.47. The molecule has 1 aliphatic carbocycles. The Morgan fingerprint density at radius 3 is 2.92 bits per heavy atom.